The van der Waals surface area contributed by atoms with E-state index in [-0.39, 0.29) is 23.5 Å². The third-order valence-electron chi connectivity index (χ3n) is 7.86. The maximum Gasteiger partial charge on any atom is 0.338 e. The minimum absolute atomic E-state index is 0.0718. The molecule has 1 atom stereocenters. The molecule has 1 aromatic rings. The van der Waals surface area contributed by atoms with Gasteiger partial charge in [-0.1, -0.05) is 54.0 Å². The Bertz CT molecular complexity index is 1020. The minimum atomic E-state index is -0.235. The number of halogens is 1. The van der Waals surface area contributed by atoms with Crippen molar-refractivity contribution < 1.29 is 18.7 Å². The largest absolute Gasteiger partial charge is 0.462 e. The molecule has 2 rings (SSSR count). The lowest BCUT2D eigenvalue weighted by molar-refractivity contribution is -0.138. The number of hydrogen-bond donors (Lipinski definition) is 1. The number of benzene rings is 1. The van der Waals surface area contributed by atoms with Crippen LogP contribution in [0.4, 0.5) is 10.1 Å². The molecule has 1 unspecified atom stereocenters. The van der Waals surface area contributed by atoms with Crippen LogP contribution in [0.1, 0.15) is 125 Å². The summed E-state index contributed by atoms with van der Waals surface area (Å²) in [6, 6.07) is 3.49. The number of ether oxygens (including phenoxy) is 1. The van der Waals surface area contributed by atoms with Crippen LogP contribution in [0.25, 0.3) is 0 Å². The maximum atomic E-state index is 13.4. The molecule has 0 fully saturated rings. The van der Waals surface area contributed by atoms with Crippen LogP contribution in [-0.4, -0.2) is 38.0 Å². The number of rotatable bonds is 14. The Balaban J connectivity index is 0.000000809. The number of Topliss-reactive ketones (excluding diaryl/α,β-unsaturated/α-hetero) is 1. The second-order valence-electron chi connectivity index (χ2n) is 10.8. The van der Waals surface area contributed by atoms with Gasteiger partial charge < -0.3 is 15.0 Å². The van der Waals surface area contributed by atoms with E-state index in [1.807, 2.05) is 61.5 Å². The van der Waals surface area contributed by atoms with Crippen LogP contribution in [0.5, 0.6) is 0 Å². The fourth-order valence-corrected chi connectivity index (χ4v) is 4.92. The molecule has 0 spiro atoms. The van der Waals surface area contributed by atoms with Gasteiger partial charge in [-0.15, -0.1) is 0 Å². The highest BCUT2D eigenvalue weighted by atomic mass is 19.1. The van der Waals surface area contributed by atoms with Crippen molar-refractivity contribution in [2.45, 2.75) is 128 Å². The first-order chi connectivity index (χ1) is 20.1. The highest BCUT2D eigenvalue weighted by molar-refractivity contribution is 5.94. The van der Waals surface area contributed by atoms with E-state index in [1.165, 1.54) is 5.69 Å². The van der Waals surface area contributed by atoms with Gasteiger partial charge in [-0.2, -0.15) is 0 Å². The lowest BCUT2D eigenvalue weighted by atomic mass is 9.87. The van der Waals surface area contributed by atoms with Crippen LogP contribution in [0.3, 0.4) is 0 Å². The van der Waals surface area contributed by atoms with Crippen LogP contribution in [-0.2, 0) is 14.3 Å². The van der Waals surface area contributed by atoms with Gasteiger partial charge in [0.15, 0.2) is 5.78 Å². The molecule has 0 radical (unpaired) electrons. The first kappa shape index (κ1) is 39.4. The third kappa shape index (κ3) is 12.3. The summed E-state index contributed by atoms with van der Waals surface area (Å²) in [5.41, 5.74) is 6.90. The fraction of sp³-hybridized carbons (Fsp3) is 0.667. The molecule has 0 aliphatic heterocycles. The number of carbonyl (C=O) groups is 2. The van der Waals surface area contributed by atoms with Gasteiger partial charge >= 0.3 is 5.97 Å². The van der Waals surface area contributed by atoms with Crippen molar-refractivity contribution in [3.63, 3.8) is 0 Å². The predicted molar refractivity (Wildman–Crippen MR) is 178 cm³/mol. The molecule has 1 aliphatic carbocycles. The minimum Gasteiger partial charge on any atom is -0.462 e. The van der Waals surface area contributed by atoms with Gasteiger partial charge in [-0.05, 0) is 108 Å². The number of nitrogens with zero attached hydrogens (tertiary/aromatic N) is 1. The summed E-state index contributed by atoms with van der Waals surface area (Å²) in [5.74, 6) is -0.0399. The standard InChI is InChI=1S/C20H33NO3.C14H22FN.C2H6/c1-6-14(4)18(22)13-21-17-12-10-9-11-16(17)19(15(5)7-2)20(23)24-8-3;1-5-9-16(10-6-2)14-8-7-13(15)11(3)12(14)4;1-2/h14,21H,6-13H2,1-5H3;7-8H,5-6,9-10H2,1-4H3;1-2H3. The number of esters is 1. The van der Waals surface area contributed by atoms with E-state index in [1.54, 1.807) is 6.07 Å². The molecule has 0 heterocycles. The number of anilines is 1. The van der Waals surface area contributed by atoms with Crippen LogP contribution >= 0.6 is 0 Å². The van der Waals surface area contributed by atoms with Crippen molar-refractivity contribution in [2.75, 3.05) is 31.1 Å². The normalized spacial score (nSPS) is 14.0. The molecule has 1 N–H and O–H groups in total. The van der Waals surface area contributed by atoms with Crippen LogP contribution < -0.4 is 10.2 Å². The maximum absolute atomic E-state index is 13.4. The second-order valence-corrected chi connectivity index (χ2v) is 10.8. The molecule has 5 nitrogen and oxygen atoms in total. The van der Waals surface area contributed by atoms with E-state index in [9.17, 15) is 14.0 Å². The second kappa shape index (κ2) is 22.0. The summed E-state index contributed by atoms with van der Waals surface area (Å²) in [7, 11) is 0. The first-order valence-corrected chi connectivity index (χ1v) is 16.4. The highest BCUT2D eigenvalue weighted by Crippen LogP contribution is 2.32. The van der Waals surface area contributed by atoms with Gasteiger partial charge in [0, 0.05) is 30.4 Å². The lowest BCUT2D eigenvalue weighted by Crippen LogP contribution is -2.29. The zero-order valence-electron chi connectivity index (χ0n) is 28.8. The first-order valence-electron chi connectivity index (χ1n) is 16.4. The monoisotopic (exact) mass is 588 g/mol. The topological polar surface area (TPSA) is 58.6 Å². The van der Waals surface area contributed by atoms with Gasteiger partial charge in [-0.25, -0.2) is 9.18 Å². The van der Waals surface area contributed by atoms with Gasteiger partial charge in [-0.3, -0.25) is 4.79 Å². The Labute approximate surface area is 257 Å². The van der Waals surface area contributed by atoms with E-state index in [0.717, 1.165) is 98.0 Å². The van der Waals surface area contributed by atoms with Crippen molar-refractivity contribution in [1.82, 2.24) is 5.32 Å². The number of allylic oxidation sites excluding steroid dienone is 2. The average Bonchev–Trinajstić information content (AvgIpc) is 3.00. The predicted octanol–water partition coefficient (Wildman–Crippen LogP) is 9.40. The Morgan fingerprint density at radius 2 is 1.57 bits per heavy atom. The summed E-state index contributed by atoms with van der Waals surface area (Å²) in [5, 5.41) is 3.33. The molecular weight excluding hydrogens is 527 g/mol. The highest BCUT2D eigenvalue weighted by Gasteiger charge is 2.24. The van der Waals surface area contributed by atoms with E-state index in [0.29, 0.717) is 13.2 Å². The Morgan fingerprint density at radius 1 is 0.976 bits per heavy atom. The van der Waals surface area contributed by atoms with Crippen LogP contribution in [0.2, 0.25) is 0 Å². The summed E-state index contributed by atoms with van der Waals surface area (Å²) < 4.78 is 18.7. The molecule has 1 aromatic carbocycles. The Kier molecular flexibility index (Phi) is 20.6. The zero-order chi connectivity index (χ0) is 32.2. The van der Waals surface area contributed by atoms with Crippen LogP contribution in [0, 0.1) is 25.6 Å². The third-order valence-corrected chi connectivity index (χ3v) is 7.86. The van der Waals surface area contributed by atoms with Gasteiger partial charge in [0.2, 0.25) is 0 Å². The Morgan fingerprint density at radius 3 is 2.10 bits per heavy atom. The SMILES string of the molecule is CC.CCCN(CCC)c1ccc(F)c(C)c1C.CCOC(=O)C(=C(C)CC)C1=C(NCC(=O)C(C)CC)CCCC1. The van der Waals surface area contributed by atoms with Crippen molar-refractivity contribution in [3.05, 3.63) is 51.5 Å². The Hall–Kier alpha value is -2.63. The molecule has 0 bridgehead atoms. The van der Waals surface area contributed by atoms with E-state index in [2.05, 4.69) is 31.0 Å². The van der Waals surface area contributed by atoms with E-state index >= 15 is 0 Å². The summed E-state index contributed by atoms with van der Waals surface area (Å²) >= 11 is 0. The summed E-state index contributed by atoms with van der Waals surface area (Å²) in [4.78, 5) is 27.0. The number of hydrogen-bond acceptors (Lipinski definition) is 5. The van der Waals surface area contributed by atoms with E-state index < -0.39 is 0 Å². The number of nitrogens with one attached hydrogen (secondary N) is 1. The molecular formula is C36H61FN2O3. The molecule has 6 heteroatoms. The van der Waals surface area contributed by atoms with Crippen molar-refractivity contribution >= 4 is 17.4 Å². The summed E-state index contributed by atoms with van der Waals surface area (Å²) in [6.07, 6.45) is 7.83. The lowest BCUT2D eigenvalue weighted by Gasteiger charge is -2.26. The quantitative estimate of drug-likeness (QED) is 0.173. The molecule has 0 saturated carbocycles. The number of ketones is 1. The molecule has 240 valence electrons. The average molecular weight is 589 g/mol. The molecule has 0 aromatic heterocycles. The van der Waals surface area contributed by atoms with Crippen molar-refractivity contribution in [1.29, 1.82) is 0 Å². The molecule has 0 amide bonds. The zero-order valence-corrected chi connectivity index (χ0v) is 28.8. The van der Waals surface area contributed by atoms with Gasteiger partial charge in [0.05, 0.1) is 18.7 Å². The van der Waals surface area contributed by atoms with E-state index in [4.69, 9.17) is 4.74 Å². The smallest absolute Gasteiger partial charge is 0.338 e. The molecule has 42 heavy (non-hydrogen) atoms. The number of carbonyl (C=O) groups excluding carboxylic acids is 2. The molecule has 1 aliphatic rings. The molecule has 0 saturated heterocycles. The van der Waals surface area contributed by atoms with Crippen molar-refractivity contribution in [2.24, 2.45) is 5.92 Å². The summed E-state index contributed by atoms with van der Waals surface area (Å²) in [6.45, 7) is 24.9. The van der Waals surface area contributed by atoms with Crippen molar-refractivity contribution in [3.8, 4) is 0 Å². The van der Waals surface area contributed by atoms with Gasteiger partial charge in [0.1, 0.15) is 5.82 Å². The fourth-order valence-electron chi connectivity index (χ4n) is 4.92. The van der Waals surface area contributed by atoms with Gasteiger partial charge in [0.25, 0.3) is 0 Å². The van der Waals surface area contributed by atoms with Crippen LogP contribution in [0.15, 0.2) is 34.5 Å².